The van der Waals surface area contributed by atoms with Crippen LogP contribution in [0.25, 0.3) is 21.8 Å². The molecule has 32 heavy (non-hydrogen) atoms. The molecule has 4 aromatic rings. The second-order valence-corrected chi connectivity index (χ2v) is 8.04. The number of benzene rings is 3. The van der Waals surface area contributed by atoms with Gasteiger partial charge in [-0.25, -0.2) is 9.59 Å². The van der Waals surface area contributed by atoms with E-state index in [1.165, 1.54) is 4.57 Å². The summed E-state index contributed by atoms with van der Waals surface area (Å²) in [6, 6.07) is 19.3. The average Bonchev–Trinajstić information content (AvgIpc) is 3.06. The Bertz CT molecular complexity index is 1350. The highest BCUT2D eigenvalue weighted by Crippen LogP contribution is 2.30. The fourth-order valence-electron chi connectivity index (χ4n) is 4.36. The fraction of sp³-hybridized carbons (Fsp3) is 0.280. The van der Waals surface area contributed by atoms with Crippen molar-refractivity contribution in [3.05, 3.63) is 76.7 Å². The molecule has 0 aliphatic carbocycles. The largest absolute Gasteiger partial charge is 0.425 e. The lowest BCUT2D eigenvalue weighted by molar-refractivity contribution is -0.135. The zero-order valence-corrected chi connectivity index (χ0v) is 18.0. The summed E-state index contributed by atoms with van der Waals surface area (Å²) in [4.78, 5) is 27.9. The van der Waals surface area contributed by atoms with Crippen LogP contribution >= 0.6 is 0 Å². The molecule has 1 aliphatic rings. The molecule has 7 nitrogen and oxygen atoms in total. The molecule has 1 aromatic heterocycles. The van der Waals surface area contributed by atoms with Crippen molar-refractivity contribution in [1.29, 1.82) is 0 Å². The number of carbonyl (C=O) groups is 1. The van der Waals surface area contributed by atoms with Gasteiger partial charge in [0.15, 0.2) is 0 Å². The summed E-state index contributed by atoms with van der Waals surface area (Å²) in [6.07, 6.45) is 0. The minimum Gasteiger partial charge on any atom is -0.425 e. The molecular weight excluding hydrogens is 406 g/mol. The van der Waals surface area contributed by atoms with Gasteiger partial charge in [-0.2, -0.15) is 0 Å². The maximum absolute atomic E-state index is 12.9. The monoisotopic (exact) mass is 431 g/mol. The van der Waals surface area contributed by atoms with Gasteiger partial charge in [0.05, 0.1) is 24.2 Å². The highest BCUT2D eigenvalue weighted by Gasteiger charge is 2.19. The standard InChI is InChI=1S/C25H25N3O4/c1-26-21-8-4-5-9-22(21)28(25(26)30)17-24(29)32-23-11-10-18-6-2-3-7-19(18)20(23)16-27-12-14-31-15-13-27/h2-11H,12-17H2,1H3. The van der Waals surface area contributed by atoms with Gasteiger partial charge in [0.2, 0.25) is 0 Å². The number of rotatable bonds is 5. The van der Waals surface area contributed by atoms with Crippen LogP contribution in [0.1, 0.15) is 5.56 Å². The summed E-state index contributed by atoms with van der Waals surface area (Å²) in [5.41, 5.74) is 2.23. The van der Waals surface area contributed by atoms with Crippen LogP contribution in [0.5, 0.6) is 5.75 Å². The van der Waals surface area contributed by atoms with Crippen molar-refractivity contribution in [1.82, 2.24) is 14.0 Å². The first-order chi connectivity index (χ1) is 15.6. The number of ether oxygens (including phenoxy) is 2. The third kappa shape index (κ3) is 3.81. The highest BCUT2D eigenvalue weighted by molar-refractivity contribution is 5.89. The number of para-hydroxylation sites is 2. The molecule has 0 spiro atoms. The summed E-state index contributed by atoms with van der Waals surface area (Å²) < 4.78 is 14.3. The number of carbonyl (C=O) groups excluding carboxylic acids is 1. The van der Waals surface area contributed by atoms with Crippen LogP contribution in [0.4, 0.5) is 0 Å². The van der Waals surface area contributed by atoms with Gasteiger partial charge in [0.25, 0.3) is 0 Å². The van der Waals surface area contributed by atoms with Crippen molar-refractivity contribution < 1.29 is 14.3 Å². The third-order valence-electron chi connectivity index (χ3n) is 6.05. The first-order valence-electron chi connectivity index (χ1n) is 10.8. The van der Waals surface area contributed by atoms with Crippen molar-refractivity contribution >= 4 is 27.8 Å². The Labute approximate surface area is 185 Å². The number of imidazole rings is 1. The molecular formula is C25H25N3O4. The second-order valence-electron chi connectivity index (χ2n) is 8.04. The Kier molecular flexibility index (Phi) is 5.51. The SMILES string of the molecule is Cn1c(=O)n(CC(=O)Oc2ccc3ccccc3c2CN2CCOCC2)c2ccccc21. The topological polar surface area (TPSA) is 65.7 Å². The molecule has 0 saturated carbocycles. The fourth-order valence-corrected chi connectivity index (χ4v) is 4.36. The van der Waals surface area contributed by atoms with E-state index >= 15 is 0 Å². The number of esters is 1. The number of aryl methyl sites for hydroxylation is 1. The summed E-state index contributed by atoms with van der Waals surface area (Å²) >= 11 is 0. The quantitative estimate of drug-likeness (QED) is 0.359. The van der Waals surface area contributed by atoms with Gasteiger partial charge in [-0.05, 0) is 29.0 Å². The third-order valence-corrected chi connectivity index (χ3v) is 6.05. The van der Waals surface area contributed by atoms with Gasteiger partial charge in [-0.1, -0.05) is 42.5 Å². The normalized spacial score (nSPS) is 14.8. The minimum atomic E-state index is -0.470. The molecule has 0 amide bonds. The molecule has 0 atom stereocenters. The van der Waals surface area contributed by atoms with E-state index in [1.807, 2.05) is 48.5 Å². The van der Waals surface area contributed by atoms with Crippen molar-refractivity contribution in [3.8, 4) is 5.75 Å². The lowest BCUT2D eigenvalue weighted by Gasteiger charge is -2.27. The van der Waals surface area contributed by atoms with E-state index in [-0.39, 0.29) is 12.2 Å². The molecule has 3 aromatic carbocycles. The molecule has 0 unspecified atom stereocenters. The van der Waals surface area contributed by atoms with Crippen molar-refractivity contribution in [2.24, 2.45) is 7.05 Å². The zero-order valence-electron chi connectivity index (χ0n) is 18.0. The molecule has 0 N–H and O–H groups in total. The second kappa shape index (κ2) is 8.61. The molecule has 7 heteroatoms. The Balaban J connectivity index is 1.46. The minimum absolute atomic E-state index is 0.149. The zero-order chi connectivity index (χ0) is 22.1. The van der Waals surface area contributed by atoms with Crippen LogP contribution in [-0.2, 0) is 29.7 Å². The molecule has 1 fully saturated rings. The Hall–Kier alpha value is -3.42. The lowest BCUT2D eigenvalue weighted by atomic mass is 10.0. The van der Waals surface area contributed by atoms with Gasteiger partial charge in [-0.15, -0.1) is 0 Å². The van der Waals surface area contributed by atoms with Gasteiger partial charge in [0.1, 0.15) is 12.3 Å². The van der Waals surface area contributed by atoms with Crippen LogP contribution in [0.15, 0.2) is 65.5 Å². The number of fused-ring (bicyclic) bond motifs is 2. The first-order valence-corrected chi connectivity index (χ1v) is 10.8. The summed E-state index contributed by atoms with van der Waals surface area (Å²) in [7, 11) is 1.70. The summed E-state index contributed by atoms with van der Waals surface area (Å²) in [5, 5.41) is 2.16. The molecule has 5 rings (SSSR count). The Morgan fingerprint density at radius 1 is 0.969 bits per heavy atom. The molecule has 2 heterocycles. The van der Waals surface area contributed by atoms with E-state index in [0.29, 0.717) is 31.0 Å². The number of hydrogen-bond acceptors (Lipinski definition) is 5. The van der Waals surface area contributed by atoms with E-state index in [9.17, 15) is 9.59 Å². The van der Waals surface area contributed by atoms with E-state index in [1.54, 1.807) is 11.6 Å². The van der Waals surface area contributed by atoms with Crippen LogP contribution in [0, 0.1) is 0 Å². The first kappa shape index (κ1) is 20.5. The molecule has 0 bridgehead atoms. The highest BCUT2D eigenvalue weighted by atomic mass is 16.5. The molecule has 164 valence electrons. The van der Waals surface area contributed by atoms with Gasteiger partial charge in [-0.3, -0.25) is 14.0 Å². The van der Waals surface area contributed by atoms with Gasteiger partial charge >= 0.3 is 11.7 Å². The lowest BCUT2D eigenvalue weighted by Crippen LogP contribution is -2.36. The van der Waals surface area contributed by atoms with Crippen molar-refractivity contribution in [2.45, 2.75) is 13.1 Å². The van der Waals surface area contributed by atoms with E-state index in [0.717, 1.165) is 34.9 Å². The van der Waals surface area contributed by atoms with Crippen LogP contribution < -0.4 is 10.4 Å². The number of nitrogens with zero attached hydrogens (tertiary/aromatic N) is 3. The maximum Gasteiger partial charge on any atom is 0.331 e. The Morgan fingerprint density at radius 2 is 1.69 bits per heavy atom. The predicted molar refractivity (Wildman–Crippen MR) is 123 cm³/mol. The van der Waals surface area contributed by atoms with Crippen LogP contribution in [-0.4, -0.2) is 46.3 Å². The molecule has 0 radical (unpaired) electrons. The smallest absolute Gasteiger partial charge is 0.331 e. The molecule has 1 saturated heterocycles. The maximum atomic E-state index is 12.9. The van der Waals surface area contributed by atoms with Gasteiger partial charge < -0.3 is 9.47 Å². The summed E-state index contributed by atoms with van der Waals surface area (Å²) in [5.74, 6) is 0.0652. The van der Waals surface area contributed by atoms with Crippen LogP contribution in [0.2, 0.25) is 0 Å². The molecule has 1 aliphatic heterocycles. The van der Waals surface area contributed by atoms with Crippen molar-refractivity contribution in [2.75, 3.05) is 26.3 Å². The van der Waals surface area contributed by atoms with E-state index < -0.39 is 5.97 Å². The average molecular weight is 431 g/mol. The predicted octanol–water partition coefficient (Wildman–Crippen LogP) is 2.93. The van der Waals surface area contributed by atoms with E-state index in [4.69, 9.17) is 9.47 Å². The summed E-state index contributed by atoms with van der Waals surface area (Å²) in [6.45, 7) is 3.59. The Morgan fingerprint density at radius 3 is 2.50 bits per heavy atom. The van der Waals surface area contributed by atoms with E-state index in [2.05, 4.69) is 17.0 Å². The number of hydrogen-bond donors (Lipinski definition) is 0. The van der Waals surface area contributed by atoms with Gasteiger partial charge in [0, 0.05) is 32.2 Å². The van der Waals surface area contributed by atoms with Crippen LogP contribution in [0.3, 0.4) is 0 Å². The number of aromatic nitrogens is 2. The number of morpholine rings is 1. The van der Waals surface area contributed by atoms with Crippen molar-refractivity contribution in [3.63, 3.8) is 0 Å².